The highest BCUT2D eigenvalue weighted by molar-refractivity contribution is 7.92. The Kier molecular flexibility index (Phi) is 7.97. The second kappa shape index (κ2) is 10.6. The van der Waals surface area contributed by atoms with Gasteiger partial charge in [-0.3, -0.25) is 9.52 Å². The lowest BCUT2D eigenvalue weighted by Crippen LogP contribution is -2.32. The number of alkyl halides is 3. The van der Waals surface area contributed by atoms with Gasteiger partial charge in [-0.25, -0.2) is 8.42 Å². The maximum absolute atomic E-state index is 13.0. The van der Waals surface area contributed by atoms with Crippen molar-refractivity contribution >= 4 is 38.9 Å². The van der Waals surface area contributed by atoms with Crippen LogP contribution in [-0.4, -0.2) is 20.4 Å². The molecule has 0 fully saturated rings. The summed E-state index contributed by atoms with van der Waals surface area (Å²) in [4.78, 5) is 12.4. The molecule has 0 unspecified atom stereocenters. The number of hydrogen-bond donors (Lipinski definition) is 2. The van der Waals surface area contributed by atoms with Gasteiger partial charge in [0.2, 0.25) is 0 Å². The highest BCUT2D eigenvalue weighted by Crippen LogP contribution is 2.36. The van der Waals surface area contributed by atoms with Gasteiger partial charge in [-0.1, -0.05) is 36.2 Å². The fourth-order valence-electron chi connectivity index (χ4n) is 3.06. The van der Waals surface area contributed by atoms with E-state index in [4.69, 9.17) is 16.3 Å². The molecule has 0 saturated heterocycles. The summed E-state index contributed by atoms with van der Waals surface area (Å²) in [5.41, 5.74) is -0.0732. The summed E-state index contributed by atoms with van der Waals surface area (Å²) in [6.45, 7) is 3.73. The van der Waals surface area contributed by atoms with Crippen LogP contribution in [0.15, 0.2) is 71.6 Å². The van der Waals surface area contributed by atoms with Gasteiger partial charge in [0.05, 0.1) is 15.5 Å². The Morgan fingerprint density at radius 3 is 2.17 bits per heavy atom. The number of carbonyl (C=O) groups is 1. The van der Waals surface area contributed by atoms with Crippen molar-refractivity contribution in [2.75, 3.05) is 10.0 Å². The molecule has 0 aliphatic carbocycles. The van der Waals surface area contributed by atoms with Gasteiger partial charge in [-0.15, -0.1) is 0 Å². The number of halogens is 4. The number of anilines is 2. The number of benzene rings is 3. The molecule has 0 bridgehead atoms. The first-order valence-corrected chi connectivity index (χ1v) is 12.3. The monoisotopic (exact) mass is 526 g/mol. The Bertz CT molecular complexity index is 1300. The van der Waals surface area contributed by atoms with E-state index < -0.39 is 38.8 Å². The molecule has 0 aliphatic rings. The van der Waals surface area contributed by atoms with E-state index in [1.54, 1.807) is 19.1 Å². The molecular formula is C24H22ClF3N2O4S. The van der Waals surface area contributed by atoms with Crippen molar-refractivity contribution in [2.45, 2.75) is 37.4 Å². The van der Waals surface area contributed by atoms with E-state index in [2.05, 4.69) is 10.0 Å². The van der Waals surface area contributed by atoms with Gasteiger partial charge in [0.15, 0.2) is 6.10 Å². The topological polar surface area (TPSA) is 84.5 Å². The average Bonchev–Trinajstić information content (AvgIpc) is 2.79. The van der Waals surface area contributed by atoms with Gasteiger partial charge in [0.1, 0.15) is 5.75 Å². The molecule has 3 aromatic carbocycles. The number of rotatable bonds is 8. The van der Waals surface area contributed by atoms with E-state index in [1.807, 2.05) is 19.1 Å². The summed E-state index contributed by atoms with van der Waals surface area (Å²) in [5.74, 6) is 0.128. The third kappa shape index (κ3) is 6.89. The lowest BCUT2D eigenvalue weighted by Gasteiger charge is -2.17. The largest absolute Gasteiger partial charge is 0.481 e. The van der Waals surface area contributed by atoms with Crippen molar-refractivity contribution in [3.63, 3.8) is 0 Å². The summed E-state index contributed by atoms with van der Waals surface area (Å²) < 4.78 is 72.2. The fraction of sp³-hybridized carbons (Fsp3) is 0.208. The first-order valence-electron chi connectivity index (χ1n) is 10.4. The Hall–Kier alpha value is -3.24. The molecule has 35 heavy (non-hydrogen) atoms. The zero-order valence-corrected chi connectivity index (χ0v) is 20.3. The van der Waals surface area contributed by atoms with Gasteiger partial charge in [-0.05, 0) is 67.9 Å². The van der Waals surface area contributed by atoms with E-state index in [0.717, 1.165) is 17.7 Å². The minimum absolute atomic E-state index is 0.207. The van der Waals surface area contributed by atoms with E-state index >= 15 is 0 Å². The Labute approximate surface area is 206 Å². The molecule has 0 heterocycles. The molecule has 186 valence electrons. The average molecular weight is 527 g/mol. The molecule has 3 rings (SSSR count). The number of aryl methyl sites for hydroxylation is 1. The lowest BCUT2D eigenvalue weighted by atomic mass is 10.2. The van der Waals surface area contributed by atoms with Crippen molar-refractivity contribution in [2.24, 2.45) is 0 Å². The van der Waals surface area contributed by atoms with Gasteiger partial charge in [0.25, 0.3) is 15.9 Å². The van der Waals surface area contributed by atoms with Gasteiger partial charge in [0, 0.05) is 11.4 Å². The lowest BCUT2D eigenvalue weighted by molar-refractivity contribution is -0.137. The number of carbonyl (C=O) groups excluding carboxylic acids is 1. The third-order valence-electron chi connectivity index (χ3n) is 4.92. The minimum atomic E-state index is -4.74. The summed E-state index contributed by atoms with van der Waals surface area (Å²) in [5, 5.41) is 2.12. The quantitative estimate of drug-likeness (QED) is 0.362. The van der Waals surface area contributed by atoms with Crippen molar-refractivity contribution < 1.29 is 31.1 Å². The highest BCUT2D eigenvalue weighted by atomic mass is 35.5. The van der Waals surface area contributed by atoms with Crippen LogP contribution in [0.4, 0.5) is 24.5 Å². The van der Waals surface area contributed by atoms with E-state index in [-0.39, 0.29) is 10.6 Å². The predicted octanol–water partition coefficient (Wildman–Crippen LogP) is 6.26. The van der Waals surface area contributed by atoms with Crippen LogP contribution in [0, 0.1) is 6.92 Å². The van der Waals surface area contributed by atoms with Crippen molar-refractivity contribution in [3.05, 3.63) is 82.9 Å². The van der Waals surface area contributed by atoms with Crippen LogP contribution in [0.2, 0.25) is 5.02 Å². The number of hydrogen-bond acceptors (Lipinski definition) is 4. The molecule has 0 aliphatic heterocycles. The minimum Gasteiger partial charge on any atom is -0.481 e. The molecule has 1 amide bonds. The third-order valence-corrected chi connectivity index (χ3v) is 6.65. The van der Waals surface area contributed by atoms with Gasteiger partial charge in [-0.2, -0.15) is 13.2 Å². The number of amides is 1. The second-order valence-electron chi connectivity index (χ2n) is 7.64. The predicted molar refractivity (Wildman–Crippen MR) is 128 cm³/mol. The molecule has 0 saturated carbocycles. The van der Waals surface area contributed by atoms with Crippen LogP contribution in [-0.2, 0) is 21.0 Å². The van der Waals surface area contributed by atoms with Crippen LogP contribution < -0.4 is 14.8 Å². The van der Waals surface area contributed by atoms with Crippen molar-refractivity contribution in [1.29, 1.82) is 0 Å². The Morgan fingerprint density at radius 1 is 1.00 bits per heavy atom. The number of ether oxygens (including phenoxy) is 1. The van der Waals surface area contributed by atoms with Crippen LogP contribution in [0.1, 0.15) is 24.5 Å². The maximum atomic E-state index is 13.0. The Morgan fingerprint density at radius 2 is 1.60 bits per heavy atom. The molecule has 0 spiro atoms. The molecule has 0 aromatic heterocycles. The fourth-order valence-corrected chi connectivity index (χ4v) is 4.34. The first-order chi connectivity index (χ1) is 16.4. The smallest absolute Gasteiger partial charge is 0.417 e. The zero-order valence-electron chi connectivity index (χ0n) is 18.7. The molecule has 6 nitrogen and oxygen atoms in total. The van der Waals surface area contributed by atoms with E-state index in [9.17, 15) is 26.4 Å². The summed E-state index contributed by atoms with van der Waals surface area (Å²) in [7, 11) is -4.20. The molecule has 0 radical (unpaired) electrons. The molecule has 3 aromatic rings. The molecule has 1 atom stereocenters. The maximum Gasteiger partial charge on any atom is 0.417 e. The van der Waals surface area contributed by atoms with Crippen LogP contribution in [0.5, 0.6) is 5.75 Å². The second-order valence-corrected chi connectivity index (χ2v) is 9.73. The zero-order chi connectivity index (χ0) is 25.8. The first kappa shape index (κ1) is 26.4. The highest BCUT2D eigenvalue weighted by Gasteiger charge is 2.33. The van der Waals surface area contributed by atoms with Crippen LogP contribution in [0.3, 0.4) is 0 Å². The van der Waals surface area contributed by atoms with Crippen molar-refractivity contribution in [3.8, 4) is 5.75 Å². The van der Waals surface area contributed by atoms with Crippen LogP contribution >= 0.6 is 11.6 Å². The van der Waals surface area contributed by atoms with Gasteiger partial charge < -0.3 is 10.1 Å². The molecule has 11 heteroatoms. The van der Waals surface area contributed by atoms with E-state index in [0.29, 0.717) is 23.9 Å². The number of sulfonamides is 1. The summed E-state index contributed by atoms with van der Waals surface area (Å²) in [6, 6.07) is 15.1. The number of nitrogens with one attached hydrogen (secondary N) is 2. The van der Waals surface area contributed by atoms with Gasteiger partial charge >= 0.3 is 6.18 Å². The normalized spacial score (nSPS) is 12.6. The standard InChI is InChI=1S/C24H22ClF3N2O4S/c1-3-22(34-18-9-4-15(2)5-10-18)23(31)29-16-6-11-19(12-7-16)35(32,33)30-17-8-13-21(25)20(14-17)24(26,27)28/h4-14,22,30H,3H2,1-2H3,(H,29,31)/t22-/m0/s1. The summed E-state index contributed by atoms with van der Waals surface area (Å²) in [6.07, 6.45) is -5.11. The molecular weight excluding hydrogens is 505 g/mol. The van der Waals surface area contributed by atoms with Crippen molar-refractivity contribution in [1.82, 2.24) is 0 Å². The SMILES string of the molecule is CC[C@H](Oc1ccc(C)cc1)C(=O)Nc1ccc(S(=O)(=O)Nc2ccc(Cl)c(C(F)(F)F)c2)cc1. The summed E-state index contributed by atoms with van der Waals surface area (Å²) >= 11 is 5.57. The van der Waals surface area contributed by atoms with E-state index in [1.165, 1.54) is 24.3 Å². The van der Waals surface area contributed by atoms with Crippen LogP contribution in [0.25, 0.3) is 0 Å². The Balaban J connectivity index is 1.69. The molecule has 2 N–H and O–H groups in total.